The number of carboxylic acid groups (broad SMARTS) is 1. The lowest BCUT2D eigenvalue weighted by Gasteiger charge is -2.16. The first-order chi connectivity index (χ1) is 9.95. The van der Waals surface area contributed by atoms with Crippen molar-refractivity contribution in [2.24, 2.45) is 0 Å². The lowest BCUT2D eigenvalue weighted by atomic mass is 10.0. The summed E-state index contributed by atoms with van der Waals surface area (Å²) in [4.78, 5) is 25.1. The quantitative estimate of drug-likeness (QED) is 0.767. The number of carbonyl (C=O) groups excluding carboxylic acids is 1. The molecule has 0 spiro atoms. The molecule has 1 atom stereocenters. The number of nitrogens with one attached hydrogen (secondary N) is 2. The predicted octanol–water partition coefficient (Wildman–Crippen LogP) is 2.73. The maximum Gasteiger partial charge on any atom is 0.303 e. The normalized spacial score (nSPS) is 12.3. The molecule has 1 amide bonds. The highest BCUT2D eigenvalue weighted by atomic mass is 35.5. The van der Waals surface area contributed by atoms with Crippen LogP contribution < -0.4 is 5.32 Å². The Morgan fingerprint density at radius 3 is 2.86 bits per heavy atom. The Labute approximate surface area is 127 Å². The molecule has 2 rings (SSSR count). The van der Waals surface area contributed by atoms with Crippen molar-refractivity contribution in [1.82, 2.24) is 10.3 Å². The molecule has 1 heterocycles. The first-order valence-electron chi connectivity index (χ1n) is 6.70. The Morgan fingerprint density at radius 1 is 1.43 bits per heavy atom. The average molecular weight is 309 g/mol. The van der Waals surface area contributed by atoms with Gasteiger partial charge in [-0.1, -0.05) is 17.7 Å². The summed E-state index contributed by atoms with van der Waals surface area (Å²) in [5.74, 6) is -1.02. The molecule has 21 heavy (non-hydrogen) atoms. The van der Waals surface area contributed by atoms with E-state index in [0.29, 0.717) is 17.9 Å². The van der Waals surface area contributed by atoms with Gasteiger partial charge in [0.2, 0.25) is 5.91 Å². The maximum atomic E-state index is 11.3. The first-order valence-corrected chi connectivity index (χ1v) is 7.08. The van der Waals surface area contributed by atoms with Gasteiger partial charge in [0.05, 0.1) is 0 Å². The summed E-state index contributed by atoms with van der Waals surface area (Å²) in [7, 11) is 0. The molecular weight excluding hydrogens is 292 g/mol. The van der Waals surface area contributed by atoms with Gasteiger partial charge in [-0.3, -0.25) is 9.59 Å². The van der Waals surface area contributed by atoms with Crippen LogP contribution in [0.4, 0.5) is 0 Å². The van der Waals surface area contributed by atoms with E-state index in [0.717, 1.165) is 16.5 Å². The average Bonchev–Trinajstić information content (AvgIpc) is 2.77. The van der Waals surface area contributed by atoms with Gasteiger partial charge < -0.3 is 15.4 Å². The number of hydrogen-bond donors (Lipinski definition) is 3. The van der Waals surface area contributed by atoms with Crippen LogP contribution in [0.2, 0.25) is 5.02 Å². The van der Waals surface area contributed by atoms with Gasteiger partial charge in [-0.05, 0) is 30.5 Å². The summed E-state index contributed by atoms with van der Waals surface area (Å²) in [6.07, 6.45) is 2.87. The molecule has 0 saturated carbocycles. The SMILES string of the molecule is CC(=O)NC(CCC(=O)O)Cc1c[nH]c2cc(Cl)ccc12. The lowest BCUT2D eigenvalue weighted by Crippen LogP contribution is -2.35. The number of hydrogen-bond acceptors (Lipinski definition) is 2. The smallest absolute Gasteiger partial charge is 0.303 e. The van der Waals surface area contributed by atoms with Crippen molar-refractivity contribution in [3.05, 3.63) is 35.0 Å². The third-order valence-corrected chi connectivity index (χ3v) is 3.54. The number of aromatic amines is 1. The van der Waals surface area contributed by atoms with Crippen LogP contribution in [-0.4, -0.2) is 28.0 Å². The van der Waals surface area contributed by atoms with E-state index in [1.165, 1.54) is 6.92 Å². The van der Waals surface area contributed by atoms with Gasteiger partial charge in [-0.15, -0.1) is 0 Å². The number of halogens is 1. The highest BCUT2D eigenvalue weighted by Gasteiger charge is 2.15. The van der Waals surface area contributed by atoms with Crippen molar-refractivity contribution < 1.29 is 14.7 Å². The number of aromatic nitrogens is 1. The van der Waals surface area contributed by atoms with Crippen molar-refractivity contribution in [2.75, 3.05) is 0 Å². The van der Waals surface area contributed by atoms with Gasteiger partial charge in [0.15, 0.2) is 0 Å². The van der Waals surface area contributed by atoms with Crippen molar-refractivity contribution >= 4 is 34.4 Å². The van der Waals surface area contributed by atoms with Crippen molar-refractivity contribution in [3.8, 4) is 0 Å². The van der Waals surface area contributed by atoms with E-state index in [9.17, 15) is 9.59 Å². The van der Waals surface area contributed by atoms with Gasteiger partial charge in [0.1, 0.15) is 0 Å². The van der Waals surface area contributed by atoms with Crippen molar-refractivity contribution in [2.45, 2.75) is 32.2 Å². The fourth-order valence-corrected chi connectivity index (χ4v) is 2.58. The number of carbonyl (C=O) groups is 2. The molecule has 0 radical (unpaired) electrons. The minimum Gasteiger partial charge on any atom is -0.481 e. The van der Waals surface area contributed by atoms with Crippen LogP contribution >= 0.6 is 11.6 Å². The summed E-state index contributed by atoms with van der Waals surface area (Å²) >= 11 is 5.94. The second-order valence-corrected chi connectivity index (χ2v) is 5.47. The molecule has 0 fully saturated rings. The monoisotopic (exact) mass is 308 g/mol. The Morgan fingerprint density at radius 2 is 2.19 bits per heavy atom. The fourth-order valence-electron chi connectivity index (χ4n) is 2.40. The second-order valence-electron chi connectivity index (χ2n) is 5.04. The van der Waals surface area contributed by atoms with Gasteiger partial charge in [0.25, 0.3) is 0 Å². The fraction of sp³-hybridized carbons (Fsp3) is 0.333. The standard InChI is InChI=1S/C15H17ClN2O3/c1-9(19)18-12(3-5-15(20)21)6-10-8-17-14-7-11(16)2-4-13(10)14/h2,4,7-8,12,17H,3,5-6H2,1H3,(H,18,19)(H,20,21). The molecule has 0 aliphatic heterocycles. The van der Waals surface area contributed by atoms with E-state index < -0.39 is 5.97 Å². The zero-order chi connectivity index (χ0) is 15.4. The Balaban J connectivity index is 2.17. The molecule has 3 N–H and O–H groups in total. The second kappa shape index (κ2) is 6.63. The van der Waals surface area contributed by atoms with Crippen molar-refractivity contribution in [1.29, 1.82) is 0 Å². The van der Waals surface area contributed by atoms with Gasteiger partial charge >= 0.3 is 5.97 Å². The Kier molecular flexibility index (Phi) is 4.85. The molecule has 2 aromatic rings. The lowest BCUT2D eigenvalue weighted by molar-refractivity contribution is -0.137. The number of fused-ring (bicyclic) bond motifs is 1. The Hall–Kier alpha value is -2.01. The van der Waals surface area contributed by atoms with Crippen LogP contribution in [0.25, 0.3) is 10.9 Å². The summed E-state index contributed by atoms with van der Waals surface area (Å²) in [5, 5.41) is 13.3. The first kappa shape index (κ1) is 15.4. The zero-order valence-corrected chi connectivity index (χ0v) is 12.4. The van der Waals surface area contributed by atoms with Crippen LogP contribution in [0, 0.1) is 0 Å². The number of amides is 1. The summed E-state index contributed by atoms with van der Waals surface area (Å²) < 4.78 is 0. The molecule has 0 aliphatic carbocycles. The van der Waals surface area contributed by atoms with E-state index in [4.69, 9.17) is 16.7 Å². The Bertz CT molecular complexity index is 666. The van der Waals surface area contributed by atoms with Gasteiger partial charge in [-0.2, -0.15) is 0 Å². The van der Waals surface area contributed by atoms with E-state index in [1.807, 2.05) is 24.4 Å². The molecule has 112 valence electrons. The number of H-pyrrole nitrogens is 1. The largest absolute Gasteiger partial charge is 0.481 e. The minimum atomic E-state index is -0.865. The van der Waals surface area contributed by atoms with Crippen LogP contribution in [0.5, 0.6) is 0 Å². The summed E-state index contributed by atoms with van der Waals surface area (Å²) in [5.41, 5.74) is 1.96. The third kappa shape index (κ3) is 4.23. The molecule has 1 unspecified atom stereocenters. The van der Waals surface area contributed by atoms with Gasteiger partial charge in [0, 0.05) is 41.5 Å². The molecule has 6 heteroatoms. The molecule has 5 nitrogen and oxygen atoms in total. The molecule has 1 aromatic heterocycles. The van der Waals surface area contributed by atoms with Crippen LogP contribution in [0.3, 0.4) is 0 Å². The highest BCUT2D eigenvalue weighted by Crippen LogP contribution is 2.23. The van der Waals surface area contributed by atoms with Crippen LogP contribution in [0.15, 0.2) is 24.4 Å². The van der Waals surface area contributed by atoms with Crippen LogP contribution in [-0.2, 0) is 16.0 Å². The molecule has 1 aromatic carbocycles. The number of rotatable bonds is 6. The molecule has 0 saturated heterocycles. The predicted molar refractivity (Wildman–Crippen MR) is 81.5 cm³/mol. The van der Waals surface area contributed by atoms with E-state index >= 15 is 0 Å². The molecular formula is C15H17ClN2O3. The summed E-state index contributed by atoms with van der Waals surface area (Å²) in [6.45, 7) is 1.43. The zero-order valence-electron chi connectivity index (χ0n) is 11.6. The number of aliphatic carboxylic acids is 1. The maximum absolute atomic E-state index is 11.3. The molecule has 0 aliphatic rings. The van der Waals surface area contributed by atoms with Crippen LogP contribution in [0.1, 0.15) is 25.3 Å². The van der Waals surface area contributed by atoms with E-state index in [1.54, 1.807) is 0 Å². The van der Waals surface area contributed by atoms with E-state index in [2.05, 4.69) is 10.3 Å². The highest BCUT2D eigenvalue weighted by molar-refractivity contribution is 6.31. The topological polar surface area (TPSA) is 82.2 Å². The number of carboxylic acids is 1. The minimum absolute atomic E-state index is 0.0269. The molecule has 0 bridgehead atoms. The van der Waals surface area contributed by atoms with E-state index in [-0.39, 0.29) is 18.4 Å². The van der Waals surface area contributed by atoms with Crippen molar-refractivity contribution in [3.63, 3.8) is 0 Å². The number of benzene rings is 1. The third-order valence-electron chi connectivity index (χ3n) is 3.31. The summed E-state index contributed by atoms with van der Waals surface area (Å²) in [6, 6.07) is 5.37. The van der Waals surface area contributed by atoms with Gasteiger partial charge in [-0.25, -0.2) is 0 Å².